The largest absolute Gasteiger partial charge is 0.309 e. The van der Waals surface area contributed by atoms with Gasteiger partial charge in [0, 0.05) is 45.1 Å². The monoisotopic (exact) mass is 712 g/mol. The van der Waals surface area contributed by atoms with E-state index in [0.29, 0.717) is 16.7 Å². The highest BCUT2D eigenvalue weighted by Gasteiger charge is 2.21. The molecule has 7 aromatic carbocycles. The molecule has 10 aromatic rings. The van der Waals surface area contributed by atoms with Crippen LogP contribution >= 0.6 is 0 Å². The number of nitrogens with zero attached hydrogens (tertiary/aromatic N) is 6. The van der Waals surface area contributed by atoms with Crippen LogP contribution in [0.4, 0.5) is 0 Å². The lowest BCUT2D eigenvalue weighted by Crippen LogP contribution is -2.02. The Morgan fingerprint density at radius 3 is 1.34 bits per heavy atom. The van der Waals surface area contributed by atoms with Crippen LogP contribution in [0.2, 0.25) is 0 Å². The maximum atomic E-state index is 10.2. The molecular weight excluding hydrogens is 685 g/mol. The Balaban J connectivity index is 1.20. The van der Waals surface area contributed by atoms with Crippen molar-refractivity contribution in [3.8, 4) is 63.0 Å². The zero-order valence-corrected chi connectivity index (χ0v) is 29.8. The Kier molecular flexibility index (Phi) is 7.53. The van der Waals surface area contributed by atoms with Gasteiger partial charge in [-0.05, 0) is 107 Å². The minimum atomic E-state index is 0.553. The average Bonchev–Trinajstić information content (AvgIpc) is 3.78. The van der Waals surface area contributed by atoms with Crippen LogP contribution < -0.4 is 0 Å². The second kappa shape index (κ2) is 13.0. The number of hydrogen-bond donors (Lipinski definition) is 0. The number of fused-ring (bicyclic) bond motifs is 6. The molecule has 0 amide bonds. The number of nitriles is 3. The molecule has 0 radical (unpaired) electrons. The van der Waals surface area contributed by atoms with Gasteiger partial charge in [-0.3, -0.25) is 4.98 Å². The van der Waals surface area contributed by atoms with Crippen LogP contribution in [0.15, 0.2) is 170 Å². The molecule has 0 aliphatic heterocycles. The first-order valence-corrected chi connectivity index (χ1v) is 18.2. The van der Waals surface area contributed by atoms with Crippen molar-refractivity contribution in [2.45, 2.75) is 0 Å². The maximum Gasteiger partial charge on any atom is 0.0991 e. The van der Waals surface area contributed by atoms with E-state index in [1.807, 2.05) is 85.2 Å². The van der Waals surface area contributed by atoms with Crippen LogP contribution in [0, 0.1) is 34.0 Å². The zero-order valence-electron chi connectivity index (χ0n) is 29.8. The van der Waals surface area contributed by atoms with Gasteiger partial charge in [0.15, 0.2) is 0 Å². The molecule has 0 aliphatic rings. The fraction of sp³-hybridized carbons (Fsp3) is 0. The molecule has 0 saturated carbocycles. The van der Waals surface area contributed by atoms with E-state index in [1.54, 1.807) is 0 Å². The molecule has 3 aromatic heterocycles. The van der Waals surface area contributed by atoms with E-state index in [1.165, 1.54) is 0 Å². The van der Waals surface area contributed by atoms with Crippen LogP contribution in [0.1, 0.15) is 16.7 Å². The van der Waals surface area contributed by atoms with Crippen molar-refractivity contribution in [1.29, 1.82) is 15.8 Å². The smallest absolute Gasteiger partial charge is 0.0991 e. The third kappa shape index (κ3) is 5.12. The van der Waals surface area contributed by atoms with E-state index in [0.717, 1.165) is 88.4 Å². The minimum absolute atomic E-state index is 0.553. The maximum absolute atomic E-state index is 10.2. The van der Waals surface area contributed by atoms with E-state index >= 15 is 0 Å². The van der Waals surface area contributed by atoms with E-state index in [-0.39, 0.29) is 0 Å². The number of rotatable bonds is 5. The van der Waals surface area contributed by atoms with Crippen molar-refractivity contribution < 1.29 is 0 Å². The molecule has 3 heterocycles. The predicted molar refractivity (Wildman–Crippen MR) is 223 cm³/mol. The molecule has 0 N–H and O–H groups in total. The van der Waals surface area contributed by atoms with Gasteiger partial charge in [0.1, 0.15) is 0 Å². The summed E-state index contributed by atoms with van der Waals surface area (Å²) >= 11 is 0. The summed E-state index contributed by atoms with van der Waals surface area (Å²) in [5.41, 5.74) is 13.8. The molecule has 0 saturated heterocycles. The van der Waals surface area contributed by atoms with Gasteiger partial charge in [0.05, 0.1) is 68.3 Å². The van der Waals surface area contributed by atoms with Gasteiger partial charge in [0.2, 0.25) is 0 Å². The van der Waals surface area contributed by atoms with Crippen molar-refractivity contribution in [3.05, 3.63) is 187 Å². The van der Waals surface area contributed by atoms with Crippen molar-refractivity contribution >= 4 is 43.6 Å². The standard InChI is InChI=1S/C50H28N6/c51-28-32-9-14-35(15-10-32)37-18-21-48-42(26-37)39-5-1-3-7-45(39)55(48)47-20-13-34(30-53)25-41(47)44-31-54-24-23-50(44)56-46-8-4-2-6-40(46)43-27-38(19-22-49(43)56)36-16-11-33(29-52)12-17-36/h1-27,31H. The van der Waals surface area contributed by atoms with Gasteiger partial charge in [0.25, 0.3) is 0 Å². The Morgan fingerprint density at radius 2 is 0.821 bits per heavy atom. The van der Waals surface area contributed by atoms with Gasteiger partial charge in [-0.2, -0.15) is 15.8 Å². The number of para-hydroxylation sites is 2. The summed E-state index contributed by atoms with van der Waals surface area (Å²) in [5, 5.41) is 33.4. The second-order valence-corrected chi connectivity index (χ2v) is 13.8. The number of pyridine rings is 1. The first-order valence-electron chi connectivity index (χ1n) is 18.2. The molecule has 0 bridgehead atoms. The lowest BCUT2D eigenvalue weighted by atomic mass is 10.00. The third-order valence-corrected chi connectivity index (χ3v) is 10.7. The van der Waals surface area contributed by atoms with Gasteiger partial charge >= 0.3 is 0 Å². The van der Waals surface area contributed by atoms with Gasteiger partial charge in [-0.25, -0.2) is 0 Å². The van der Waals surface area contributed by atoms with Crippen LogP contribution in [0.25, 0.3) is 88.4 Å². The van der Waals surface area contributed by atoms with Crippen molar-refractivity contribution in [3.63, 3.8) is 0 Å². The Labute approximate surface area is 322 Å². The molecule has 6 nitrogen and oxygen atoms in total. The molecule has 10 rings (SSSR count). The SMILES string of the molecule is N#Cc1ccc(-c2ccc3c(c2)c2ccccc2n3-c2ccncc2-c2cc(C#N)ccc2-n2c3ccccc3c3cc(-c4ccc(C#N)cc4)ccc32)cc1. The quantitative estimate of drug-likeness (QED) is 0.177. The highest BCUT2D eigenvalue weighted by Crippen LogP contribution is 2.42. The summed E-state index contributed by atoms with van der Waals surface area (Å²) in [6.45, 7) is 0. The number of hydrogen-bond acceptors (Lipinski definition) is 4. The molecule has 0 fully saturated rings. The molecule has 0 spiro atoms. The summed E-state index contributed by atoms with van der Waals surface area (Å²) in [6, 6.07) is 60.0. The zero-order chi connectivity index (χ0) is 37.8. The van der Waals surface area contributed by atoms with E-state index in [4.69, 9.17) is 0 Å². The summed E-state index contributed by atoms with van der Waals surface area (Å²) in [5.74, 6) is 0. The normalized spacial score (nSPS) is 11.2. The molecule has 258 valence electrons. The first-order chi connectivity index (χ1) is 27.6. The molecule has 0 unspecified atom stereocenters. The van der Waals surface area contributed by atoms with E-state index < -0.39 is 0 Å². The molecule has 6 heteroatoms. The predicted octanol–water partition coefficient (Wildman–Crippen LogP) is 11.9. The Hall–Kier alpha value is -8.24. The number of benzene rings is 7. The minimum Gasteiger partial charge on any atom is -0.309 e. The van der Waals surface area contributed by atoms with Crippen LogP contribution in [-0.4, -0.2) is 14.1 Å². The van der Waals surface area contributed by atoms with Crippen LogP contribution in [0.3, 0.4) is 0 Å². The fourth-order valence-electron chi connectivity index (χ4n) is 8.10. The summed E-state index contributed by atoms with van der Waals surface area (Å²) in [6.07, 6.45) is 3.72. The molecular formula is C50H28N6. The fourth-order valence-corrected chi connectivity index (χ4v) is 8.10. The Bertz CT molecular complexity index is 3330. The first kappa shape index (κ1) is 32.4. The van der Waals surface area contributed by atoms with E-state index in [9.17, 15) is 15.8 Å². The highest BCUT2D eigenvalue weighted by molar-refractivity contribution is 6.12. The van der Waals surface area contributed by atoms with E-state index in [2.05, 4.69) is 117 Å². The van der Waals surface area contributed by atoms with Crippen LogP contribution in [0.5, 0.6) is 0 Å². The topological polar surface area (TPSA) is 94.1 Å². The van der Waals surface area contributed by atoms with Crippen LogP contribution in [-0.2, 0) is 0 Å². The highest BCUT2D eigenvalue weighted by atomic mass is 15.0. The molecule has 0 aliphatic carbocycles. The summed E-state index contributed by atoms with van der Waals surface area (Å²) in [7, 11) is 0. The summed E-state index contributed by atoms with van der Waals surface area (Å²) in [4.78, 5) is 4.67. The van der Waals surface area contributed by atoms with Crippen molar-refractivity contribution in [2.75, 3.05) is 0 Å². The van der Waals surface area contributed by atoms with Gasteiger partial charge in [-0.1, -0.05) is 72.8 Å². The Morgan fingerprint density at radius 1 is 0.375 bits per heavy atom. The summed E-state index contributed by atoms with van der Waals surface area (Å²) < 4.78 is 4.58. The van der Waals surface area contributed by atoms with Crippen molar-refractivity contribution in [1.82, 2.24) is 14.1 Å². The second-order valence-electron chi connectivity index (χ2n) is 13.8. The number of aromatic nitrogens is 3. The van der Waals surface area contributed by atoms with Gasteiger partial charge in [-0.15, -0.1) is 0 Å². The lowest BCUT2D eigenvalue weighted by Gasteiger charge is -2.18. The van der Waals surface area contributed by atoms with Crippen molar-refractivity contribution in [2.24, 2.45) is 0 Å². The van der Waals surface area contributed by atoms with Gasteiger partial charge < -0.3 is 9.13 Å². The average molecular weight is 713 g/mol. The third-order valence-electron chi connectivity index (χ3n) is 10.7. The molecule has 0 atom stereocenters. The lowest BCUT2D eigenvalue weighted by molar-refractivity contribution is 1.14. The molecule has 56 heavy (non-hydrogen) atoms.